The molecule has 0 fully saturated rings. The molecule has 0 bridgehead atoms. The monoisotopic (exact) mass is 393 g/mol. The molecule has 1 aliphatic heterocycles. The van der Waals surface area contributed by atoms with Crippen molar-refractivity contribution in [2.45, 2.75) is 45.4 Å². The number of halogens is 2. The van der Waals surface area contributed by atoms with Gasteiger partial charge in [0.25, 0.3) is 0 Å². The molecule has 26 heavy (non-hydrogen) atoms. The second kappa shape index (κ2) is 7.85. The van der Waals surface area contributed by atoms with Gasteiger partial charge in [0.05, 0.1) is 22.2 Å². The highest BCUT2D eigenvalue weighted by molar-refractivity contribution is 6.42. The Kier molecular flexibility index (Phi) is 5.73. The number of ether oxygens (including phenoxy) is 1. The molecule has 0 saturated heterocycles. The van der Waals surface area contributed by atoms with Gasteiger partial charge in [-0.15, -0.1) is 0 Å². The van der Waals surface area contributed by atoms with E-state index >= 15 is 0 Å². The Morgan fingerprint density at radius 2 is 2.00 bits per heavy atom. The predicted octanol–water partition coefficient (Wildman–Crippen LogP) is 4.91. The molecule has 138 valence electrons. The van der Waals surface area contributed by atoms with Crippen LogP contribution in [0.25, 0.3) is 0 Å². The summed E-state index contributed by atoms with van der Waals surface area (Å²) in [5.74, 6) is -0.826. The van der Waals surface area contributed by atoms with Crippen molar-refractivity contribution in [3.05, 3.63) is 56.3 Å². The van der Waals surface area contributed by atoms with E-state index in [0.29, 0.717) is 34.0 Å². The maximum atomic E-state index is 12.8. The van der Waals surface area contributed by atoms with Crippen LogP contribution >= 0.6 is 23.2 Å². The van der Waals surface area contributed by atoms with Crippen LogP contribution in [0.2, 0.25) is 10.0 Å². The Labute approximate surface area is 163 Å². The lowest BCUT2D eigenvalue weighted by molar-refractivity contribution is -0.138. The fourth-order valence-electron chi connectivity index (χ4n) is 3.65. The number of Topliss-reactive ketones (excluding diaryl/α,β-unsaturated/α-hetero) is 1. The van der Waals surface area contributed by atoms with Gasteiger partial charge in [-0.3, -0.25) is 4.79 Å². The quantitative estimate of drug-likeness (QED) is 0.737. The Hall–Kier alpha value is -1.78. The molecule has 6 heteroatoms. The van der Waals surface area contributed by atoms with Crippen LogP contribution in [0.3, 0.4) is 0 Å². The fraction of sp³-hybridized carbons (Fsp3) is 0.400. The minimum absolute atomic E-state index is 0.0618. The first-order chi connectivity index (χ1) is 12.5. The van der Waals surface area contributed by atoms with Crippen LogP contribution in [-0.4, -0.2) is 18.4 Å². The molecule has 1 aromatic carbocycles. The third-order valence-electron chi connectivity index (χ3n) is 4.79. The molecule has 0 saturated carbocycles. The van der Waals surface area contributed by atoms with Gasteiger partial charge in [0, 0.05) is 29.3 Å². The van der Waals surface area contributed by atoms with Crippen LogP contribution in [0.1, 0.15) is 51.0 Å². The number of nitrogens with one attached hydrogen (secondary N) is 1. The summed E-state index contributed by atoms with van der Waals surface area (Å²) >= 11 is 12.3. The van der Waals surface area contributed by atoms with Crippen molar-refractivity contribution in [3.63, 3.8) is 0 Å². The van der Waals surface area contributed by atoms with E-state index in [1.54, 1.807) is 19.1 Å². The van der Waals surface area contributed by atoms with Crippen LogP contribution in [0.4, 0.5) is 0 Å². The Morgan fingerprint density at radius 3 is 2.65 bits per heavy atom. The zero-order chi connectivity index (χ0) is 18.8. The molecule has 1 aliphatic carbocycles. The zero-order valence-corrected chi connectivity index (χ0v) is 16.3. The molecule has 1 aromatic rings. The van der Waals surface area contributed by atoms with E-state index in [0.717, 1.165) is 29.8 Å². The number of hydrogen-bond donors (Lipinski definition) is 1. The number of benzene rings is 1. The first-order valence-electron chi connectivity index (χ1n) is 8.86. The van der Waals surface area contributed by atoms with Crippen molar-refractivity contribution in [1.29, 1.82) is 0 Å². The Bertz CT molecular complexity index is 826. The number of carbonyl (C=O) groups excluding carboxylic acids is 2. The maximum absolute atomic E-state index is 12.8. The van der Waals surface area contributed by atoms with Gasteiger partial charge in [0.2, 0.25) is 0 Å². The second-order valence-corrected chi connectivity index (χ2v) is 7.18. The highest BCUT2D eigenvalue weighted by Crippen LogP contribution is 2.44. The van der Waals surface area contributed by atoms with Crippen molar-refractivity contribution in [3.8, 4) is 0 Å². The Morgan fingerprint density at radius 1 is 1.23 bits per heavy atom. The van der Waals surface area contributed by atoms with Crippen LogP contribution < -0.4 is 5.32 Å². The van der Waals surface area contributed by atoms with E-state index in [4.69, 9.17) is 27.9 Å². The van der Waals surface area contributed by atoms with Crippen LogP contribution in [0.15, 0.2) is 40.7 Å². The van der Waals surface area contributed by atoms with E-state index < -0.39 is 11.9 Å². The second-order valence-electron chi connectivity index (χ2n) is 6.37. The average Bonchev–Trinajstić information content (AvgIpc) is 2.63. The molecular weight excluding hydrogens is 373 g/mol. The summed E-state index contributed by atoms with van der Waals surface area (Å²) in [4.78, 5) is 25.5. The van der Waals surface area contributed by atoms with Crippen LogP contribution in [0, 0.1) is 0 Å². The standard InChI is InChI=1S/C20H21Cl2NO3/c1-3-14-19(20(25)26-4-2)17(11-8-9-12(21)13(22)10-11)18-15(23-14)6-5-7-16(18)24/h8-10,17,23H,3-7H2,1-2H3/t17-/m1/s1. The average molecular weight is 394 g/mol. The number of carbonyl (C=O) groups is 2. The lowest BCUT2D eigenvalue weighted by Gasteiger charge is -2.35. The van der Waals surface area contributed by atoms with E-state index in [2.05, 4.69) is 5.32 Å². The molecule has 1 heterocycles. The van der Waals surface area contributed by atoms with E-state index in [9.17, 15) is 9.59 Å². The number of hydrogen-bond acceptors (Lipinski definition) is 4. The molecule has 0 amide bonds. The summed E-state index contributed by atoms with van der Waals surface area (Å²) in [5.41, 5.74) is 3.62. The highest BCUT2D eigenvalue weighted by atomic mass is 35.5. The smallest absolute Gasteiger partial charge is 0.336 e. The SMILES string of the molecule is CCOC(=O)C1=C(CC)NC2=C(C(=O)CCC2)[C@H]1c1ccc(Cl)c(Cl)c1. The number of rotatable bonds is 4. The summed E-state index contributed by atoms with van der Waals surface area (Å²) < 4.78 is 5.30. The van der Waals surface area contributed by atoms with Crippen LogP contribution in [0.5, 0.6) is 0 Å². The van der Waals surface area contributed by atoms with E-state index in [1.165, 1.54) is 0 Å². The van der Waals surface area contributed by atoms with Gasteiger partial charge < -0.3 is 10.1 Å². The van der Waals surface area contributed by atoms with Crippen molar-refractivity contribution >= 4 is 35.0 Å². The molecule has 0 radical (unpaired) electrons. The molecule has 1 atom stereocenters. The Balaban J connectivity index is 2.21. The zero-order valence-electron chi connectivity index (χ0n) is 14.8. The third-order valence-corrected chi connectivity index (χ3v) is 5.53. The van der Waals surface area contributed by atoms with E-state index in [1.807, 2.05) is 13.0 Å². The molecule has 4 nitrogen and oxygen atoms in total. The fourth-order valence-corrected chi connectivity index (χ4v) is 3.96. The first-order valence-corrected chi connectivity index (χ1v) is 9.61. The summed E-state index contributed by atoms with van der Waals surface area (Å²) in [6.07, 6.45) is 2.72. The van der Waals surface area contributed by atoms with Gasteiger partial charge in [-0.1, -0.05) is 36.2 Å². The highest BCUT2D eigenvalue weighted by Gasteiger charge is 2.39. The largest absolute Gasteiger partial charge is 0.463 e. The molecule has 1 N–H and O–H groups in total. The van der Waals surface area contributed by atoms with Crippen molar-refractivity contribution in [2.75, 3.05) is 6.61 Å². The van der Waals surface area contributed by atoms with Crippen molar-refractivity contribution < 1.29 is 14.3 Å². The minimum Gasteiger partial charge on any atom is -0.463 e. The number of allylic oxidation sites excluding steroid dienone is 3. The molecule has 2 aliphatic rings. The number of dihydropyridines is 1. The van der Waals surface area contributed by atoms with Gasteiger partial charge in [0.1, 0.15) is 0 Å². The normalized spacial score (nSPS) is 20.0. The summed E-state index contributed by atoms with van der Waals surface area (Å²) in [6.45, 7) is 4.02. The van der Waals surface area contributed by atoms with Gasteiger partial charge in [0.15, 0.2) is 5.78 Å². The van der Waals surface area contributed by atoms with Crippen LogP contribution in [-0.2, 0) is 14.3 Å². The topological polar surface area (TPSA) is 55.4 Å². The summed E-state index contributed by atoms with van der Waals surface area (Å²) in [6, 6.07) is 5.26. The van der Waals surface area contributed by atoms with Crippen molar-refractivity contribution in [1.82, 2.24) is 5.32 Å². The number of esters is 1. The summed E-state index contributed by atoms with van der Waals surface area (Å²) in [7, 11) is 0. The van der Waals surface area contributed by atoms with Gasteiger partial charge >= 0.3 is 5.97 Å². The lowest BCUT2D eigenvalue weighted by atomic mass is 9.75. The third kappa shape index (κ3) is 3.40. The lowest BCUT2D eigenvalue weighted by Crippen LogP contribution is -2.35. The number of ketones is 1. The van der Waals surface area contributed by atoms with Crippen molar-refractivity contribution in [2.24, 2.45) is 0 Å². The van der Waals surface area contributed by atoms with Gasteiger partial charge in [-0.2, -0.15) is 0 Å². The maximum Gasteiger partial charge on any atom is 0.336 e. The molecular formula is C20H21Cl2NO3. The first kappa shape index (κ1) is 19.0. The minimum atomic E-state index is -0.484. The molecule has 0 aromatic heterocycles. The van der Waals surface area contributed by atoms with Gasteiger partial charge in [-0.25, -0.2) is 4.79 Å². The predicted molar refractivity (Wildman–Crippen MR) is 102 cm³/mol. The molecule has 0 unspecified atom stereocenters. The van der Waals surface area contributed by atoms with Gasteiger partial charge in [-0.05, 0) is 43.9 Å². The molecule has 3 rings (SSSR count). The summed E-state index contributed by atoms with van der Waals surface area (Å²) in [5, 5.41) is 4.16. The molecule has 0 spiro atoms. The van der Waals surface area contributed by atoms with E-state index in [-0.39, 0.29) is 12.4 Å².